The van der Waals surface area contributed by atoms with E-state index in [-0.39, 0.29) is 12.8 Å². The van der Waals surface area contributed by atoms with Gasteiger partial charge in [0.25, 0.3) is 0 Å². The summed E-state index contributed by atoms with van der Waals surface area (Å²) in [5.74, 6) is -5.16. The van der Waals surface area contributed by atoms with Gasteiger partial charge in [0.1, 0.15) is 12.1 Å². The number of carbonyl (C=O) groups is 5. The Hall–Kier alpha value is -3.97. The fourth-order valence-electron chi connectivity index (χ4n) is 3.34. The molecule has 1 aromatic carbocycles. The molecule has 0 saturated carbocycles. The van der Waals surface area contributed by atoms with E-state index in [4.69, 9.17) is 15.9 Å². The first-order chi connectivity index (χ1) is 16.5. The second-order valence-electron chi connectivity index (χ2n) is 8.01. The predicted octanol–water partition coefficient (Wildman–Crippen LogP) is -1.55. The fraction of sp³-hybridized carbons (Fsp3) is 0.409. The minimum absolute atomic E-state index is 0.211. The number of nitrogens with one attached hydrogen (secondary N) is 4. The standard InChI is InChI=1S/C22H29N5O8/c1-11(28)19(21(33)26-16(22(34)35)6-7-18(30)31)27-17(29)10-25-20(32)14(23)8-12-9-24-15-5-3-2-4-13(12)15/h2-5,9,11,14,16,19,24,28H,6-8,10,23H2,1H3,(H,25,32)(H,26,33)(H,27,29)(H,30,31)(H,34,35). The molecule has 0 aliphatic carbocycles. The van der Waals surface area contributed by atoms with Crippen LogP contribution in [0.4, 0.5) is 0 Å². The number of aromatic amines is 1. The highest BCUT2D eigenvalue weighted by molar-refractivity contribution is 5.93. The lowest BCUT2D eigenvalue weighted by Crippen LogP contribution is -2.57. The zero-order valence-electron chi connectivity index (χ0n) is 19.0. The third kappa shape index (κ3) is 8.08. The van der Waals surface area contributed by atoms with Crippen LogP contribution in [-0.2, 0) is 30.4 Å². The lowest BCUT2D eigenvalue weighted by atomic mass is 10.1. The van der Waals surface area contributed by atoms with Crippen LogP contribution >= 0.6 is 0 Å². The van der Waals surface area contributed by atoms with E-state index < -0.39 is 66.9 Å². The molecule has 13 nitrogen and oxygen atoms in total. The summed E-state index contributed by atoms with van der Waals surface area (Å²) in [7, 11) is 0. The van der Waals surface area contributed by atoms with Crippen LogP contribution in [0, 0.1) is 0 Å². The smallest absolute Gasteiger partial charge is 0.326 e. The van der Waals surface area contributed by atoms with E-state index >= 15 is 0 Å². The number of para-hydroxylation sites is 1. The van der Waals surface area contributed by atoms with Crippen LogP contribution in [0.25, 0.3) is 10.9 Å². The molecule has 13 heteroatoms. The Morgan fingerprint density at radius 3 is 2.37 bits per heavy atom. The van der Waals surface area contributed by atoms with Gasteiger partial charge in [0, 0.05) is 23.5 Å². The highest BCUT2D eigenvalue weighted by Gasteiger charge is 2.30. The fourth-order valence-corrected chi connectivity index (χ4v) is 3.34. The SMILES string of the molecule is CC(O)C(NC(=O)CNC(=O)C(N)Cc1c[nH]c2ccccc12)C(=O)NC(CCC(=O)O)C(=O)O. The first kappa shape index (κ1) is 27.3. The zero-order valence-corrected chi connectivity index (χ0v) is 19.0. The molecule has 0 aliphatic heterocycles. The summed E-state index contributed by atoms with van der Waals surface area (Å²) < 4.78 is 0. The Morgan fingerprint density at radius 2 is 1.74 bits per heavy atom. The topological polar surface area (TPSA) is 224 Å². The molecular weight excluding hydrogens is 462 g/mol. The van der Waals surface area contributed by atoms with Gasteiger partial charge in [0.2, 0.25) is 17.7 Å². The second-order valence-corrected chi connectivity index (χ2v) is 8.01. The molecule has 4 unspecified atom stereocenters. The molecule has 2 rings (SSSR count). The number of hydrogen-bond donors (Lipinski definition) is 8. The number of H-pyrrole nitrogens is 1. The Bertz CT molecular complexity index is 1080. The third-order valence-corrected chi connectivity index (χ3v) is 5.22. The monoisotopic (exact) mass is 491 g/mol. The van der Waals surface area contributed by atoms with Crippen LogP contribution in [0.2, 0.25) is 0 Å². The van der Waals surface area contributed by atoms with E-state index in [1.54, 1.807) is 6.20 Å². The Balaban J connectivity index is 1.89. The van der Waals surface area contributed by atoms with Crippen molar-refractivity contribution in [2.75, 3.05) is 6.54 Å². The van der Waals surface area contributed by atoms with Gasteiger partial charge in [-0.25, -0.2) is 4.79 Å². The highest BCUT2D eigenvalue weighted by atomic mass is 16.4. The normalized spacial score (nSPS) is 14.4. The number of aliphatic hydroxyl groups is 1. The van der Waals surface area contributed by atoms with Crippen molar-refractivity contribution >= 4 is 40.6 Å². The van der Waals surface area contributed by atoms with Gasteiger partial charge in [-0.05, 0) is 31.4 Å². The van der Waals surface area contributed by atoms with E-state index in [9.17, 15) is 29.1 Å². The molecule has 0 spiro atoms. The zero-order chi connectivity index (χ0) is 26.1. The van der Waals surface area contributed by atoms with Gasteiger partial charge < -0.3 is 42.0 Å². The molecule has 4 atom stereocenters. The van der Waals surface area contributed by atoms with Crippen LogP contribution < -0.4 is 21.7 Å². The summed E-state index contributed by atoms with van der Waals surface area (Å²) in [6.07, 6.45) is -0.345. The van der Waals surface area contributed by atoms with Gasteiger partial charge >= 0.3 is 11.9 Å². The molecule has 35 heavy (non-hydrogen) atoms. The van der Waals surface area contributed by atoms with Crippen molar-refractivity contribution in [2.24, 2.45) is 5.73 Å². The van der Waals surface area contributed by atoms with Crippen molar-refractivity contribution in [1.82, 2.24) is 20.9 Å². The number of aliphatic hydroxyl groups excluding tert-OH is 1. The molecule has 9 N–H and O–H groups in total. The predicted molar refractivity (Wildman–Crippen MR) is 123 cm³/mol. The van der Waals surface area contributed by atoms with Crippen molar-refractivity contribution in [2.45, 2.75) is 50.4 Å². The quantitative estimate of drug-likeness (QED) is 0.162. The first-order valence-corrected chi connectivity index (χ1v) is 10.8. The first-order valence-electron chi connectivity index (χ1n) is 10.8. The van der Waals surface area contributed by atoms with Crippen LogP contribution in [0.5, 0.6) is 0 Å². The molecule has 1 aromatic heterocycles. The number of carboxylic acids is 2. The van der Waals surface area contributed by atoms with Crippen molar-refractivity contribution in [3.05, 3.63) is 36.0 Å². The molecule has 0 aliphatic rings. The number of amides is 3. The summed E-state index contributed by atoms with van der Waals surface area (Å²) in [6.45, 7) is 0.658. The number of benzene rings is 1. The Kier molecular flexibility index (Phi) is 9.73. The highest BCUT2D eigenvalue weighted by Crippen LogP contribution is 2.18. The van der Waals surface area contributed by atoms with Crippen LogP contribution in [-0.4, -0.2) is 80.7 Å². The lowest BCUT2D eigenvalue weighted by molar-refractivity contribution is -0.144. The van der Waals surface area contributed by atoms with Gasteiger partial charge in [0.05, 0.1) is 18.7 Å². The number of carboxylic acid groups (broad SMARTS) is 2. The summed E-state index contributed by atoms with van der Waals surface area (Å²) in [4.78, 5) is 62.0. The maximum atomic E-state index is 12.4. The Morgan fingerprint density at radius 1 is 1.06 bits per heavy atom. The van der Waals surface area contributed by atoms with Gasteiger partial charge in [0.15, 0.2) is 0 Å². The molecule has 0 bridgehead atoms. The number of aliphatic carboxylic acids is 2. The largest absolute Gasteiger partial charge is 0.481 e. The van der Waals surface area contributed by atoms with E-state index in [1.807, 2.05) is 24.3 Å². The maximum Gasteiger partial charge on any atom is 0.326 e. The van der Waals surface area contributed by atoms with Crippen molar-refractivity contribution in [1.29, 1.82) is 0 Å². The summed E-state index contributed by atoms with van der Waals surface area (Å²) >= 11 is 0. The second kappa shape index (κ2) is 12.5. The molecule has 2 aromatic rings. The molecular formula is C22H29N5O8. The number of carbonyl (C=O) groups excluding carboxylic acids is 3. The summed E-state index contributed by atoms with van der Waals surface area (Å²) in [5.41, 5.74) is 7.68. The minimum atomic E-state index is -1.54. The maximum absolute atomic E-state index is 12.4. The molecule has 1 heterocycles. The van der Waals surface area contributed by atoms with Crippen molar-refractivity contribution in [3.63, 3.8) is 0 Å². The molecule has 0 radical (unpaired) electrons. The van der Waals surface area contributed by atoms with E-state index in [0.29, 0.717) is 0 Å². The van der Waals surface area contributed by atoms with E-state index in [0.717, 1.165) is 16.5 Å². The number of aromatic nitrogens is 1. The van der Waals surface area contributed by atoms with Crippen LogP contribution in [0.15, 0.2) is 30.5 Å². The van der Waals surface area contributed by atoms with E-state index in [1.165, 1.54) is 6.92 Å². The minimum Gasteiger partial charge on any atom is -0.481 e. The lowest BCUT2D eigenvalue weighted by Gasteiger charge is -2.23. The summed E-state index contributed by atoms with van der Waals surface area (Å²) in [5, 5.41) is 35.3. The Labute approximate surface area is 200 Å². The number of hydrogen-bond acceptors (Lipinski definition) is 7. The number of nitrogens with two attached hydrogens (primary N) is 1. The van der Waals surface area contributed by atoms with Crippen LogP contribution in [0.1, 0.15) is 25.3 Å². The number of fused-ring (bicyclic) bond motifs is 1. The van der Waals surface area contributed by atoms with Crippen molar-refractivity contribution < 1.29 is 39.3 Å². The average molecular weight is 492 g/mol. The molecule has 0 fully saturated rings. The van der Waals surface area contributed by atoms with Crippen molar-refractivity contribution in [3.8, 4) is 0 Å². The molecule has 190 valence electrons. The molecule has 3 amide bonds. The third-order valence-electron chi connectivity index (χ3n) is 5.22. The van der Waals surface area contributed by atoms with E-state index in [2.05, 4.69) is 20.9 Å². The number of rotatable bonds is 13. The van der Waals surface area contributed by atoms with Gasteiger partial charge in [-0.2, -0.15) is 0 Å². The average Bonchev–Trinajstić information content (AvgIpc) is 3.20. The van der Waals surface area contributed by atoms with Gasteiger partial charge in [-0.3, -0.25) is 19.2 Å². The van der Waals surface area contributed by atoms with Gasteiger partial charge in [-0.15, -0.1) is 0 Å². The van der Waals surface area contributed by atoms with Gasteiger partial charge in [-0.1, -0.05) is 18.2 Å². The molecule has 0 saturated heterocycles. The van der Waals surface area contributed by atoms with Crippen LogP contribution in [0.3, 0.4) is 0 Å². The summed E-state index contributed by atoms with van der Waals surface area (Å²) in [6, 6.07) is 3.47.